The third-order valence-corrected chi connectivity index (χ3v) is 5.82. The number of thiophene rings is 1. The van der Waals surface area contributed by atoms with Crippen molar-refractivity contribution in [3.63, 3.8) is 0 Å². The molecule has 0 bridgehead atoms. The highest BCUT2D eigenvalue weighted by atomic mass is 32.2. The second kappa shape index (κ2) is 7.94. The lowest BCUT2D eigenvalue weighted by molar-refractivity contribution is -0.120. The number of nitrogens with one attached hydrogen (secondary N) is 2. The Morgan fingerprint density at radius 2 is 2.22 bits per heavy atom. The number of aliphatic hydroxyl groups excluding tert-OH is 1. The first-order valence-corrected chi connectivity index (χ1v) is 9.29. The highest BCUT2D eigenvalue weighted by Gasteiger charge is 2.15. The minimum Gasteiger partial charge on any atom is -0.396 e. The topological polar surface area (TPSA) is 95.1 Å². The second-order valence-electron chi connectivity index (χ2n) is 5.30. The average Bonchev–Trinajstić information content (AvgIpc) is 2.80. The number of hydrogen-bond acceptors (Lipinski definition) is 6. The summed E-state index contributed by atoms with van der Waals surface area (Å²) in [5.74, 6) is 0.980. The SMILES string of the molecule is Cc1sc2nc(CSC(C)C(=O)NCCCO)[nH]c(=O)c2c1C. The monoisotopic (exact) mass is 355 g/mol. The van der Waals surface area contributed by atoms with Gasteiger partial charge in [0.15, 0.2) is 0 Å². The summed E-state index contributed by atoms with van der Waals surface area (Å²) in [6, 6.07) is 0. The summed E-state index contributed by atoms with van der Waals surface area (Å²) < 4.78 is 0. The third kappa shape index (κ3) is 4.33. The number of amides is 1. The van der Waals surface area contributed by atoms with Gasteiger partial charge in [-0.2, -0.15) is 0 Å². The maximum atomic E-state index is 12.2. The van der Waals surface area contributed by atoms with E-state index in [4.69, 9.17) is 5.11 Å². The number of hydrogen-bond donors (Lipinski definition) is 3. The molecule has 23 heavy (non-hydrogen) atoms. The molecule has 126 valence electrons. The number of aromatic nitrogens is 2. The van der Waals surface area contributed by atoms with Crippen molar-refractivity contribution in [1.82, 2.24) is 15.3 Å². The molecule has 0 saturated heterocycles. The van der Waals surface area contributed by atoms with Gasteiger partial charge in [0.1, 0.15) is 10.7 Å². The Bertz CT molecular complexity index is 754. The van der Waals surface area contributed by atoms with Gasteiger partial charge in [0.05, 0.1) is 16.4 Å². The zero-order valence-electron chi connectivity index (χ0n) is 13.4. The first-order valence-electron chi connectivity index (χ1n) is 7.43. The summed E-state index contributed by atoms with van der Waals surface area (Å²) in [6.45, 7) is 6.25. The van der Waals surface area contributed by atoms with Crippen LogP contribution in [0.5, 0.6) is 0 Å². The first-order chi connectivity index (χ1) is 10.9. The lowest BCUT2D eigenvalue weighted by Gasteiger charge is -2.11. The number of aryl methyl sites for hydroxylation is 2. The minimum atomic E-state index is -0.249. The summed E-state index contributed by atoms with van der Waals surface area (Å²) in [4.78, 5) is 33.2. The Morgan fingerprint density at radius 3 is 2.91 bits per heavy atom. The van der Waals surface area contributed by atoms with Crippen LogP contribution in [-0.2, 0) is 10.5 Å². The maximum Gasteiger partial charge on any atom is 0.259 e. The molecular formula is C15H21N3O3S2. The average molecular weight is 355 g/mol. The molecule has 2 aromatic rings. The van der Waals surface area contributed by atoms with Crippen LogP contribution in [0.3, 0.4) is 0 Å². The van der Waals surface area contributed by atoms with E-state index in [-0.39, 0.29) is 23.3 Å². The first kappa shape index (κ1) is 18.0. The van der Waals surface area contributed by atoms with Gasteiger partial charge < -0.3 is 15.4 Å². The number of H-pyrrole nitrogens is 1. The molecule has 2 aromatic heterocycles. The summed E-state index contributed by atoms with van der Waals surface area (Å²) in [5.41, 5.74) is 0.863. The molecule has 0 aliphatic heterocycles. The Labute approximate surface area is 142 Å². The predicted octanol–water partition coefficient (Wildman–Crippen LogP) is 1.72. The molecule has 3 N–H and O–H groups in total. The molecule has 1 atom stereocenters. The van der Waals surface area contributed by atoms with Crippen LogP contribution in [0.25, 0.3) is 10.2 Å². The number of fused-ring (bicyclic) bond motifs is 1. The molecule has 1 amide bonds. The smallest absolute Gasteiger partial charge is 0.259 e. The molecule has 2 rings (SSSR count). The van der Waals surface area contributed by atoms with Crippen molar-refractivity contribution in [2.45, 2.75) is 38.2 Å². The van der Waals surface area contributed by atoms with E-state index in [1.54, 1.807) is 0 Å². The van der Waals surface area contributed by atoms with Crippen LogP contribution in [0.4, 0.5) is 0 Å². The van der Waals surface area contributed by atoms with E-state index in [0.717, 1.165) is 15.3 Å². The Kier molecular flexibility index (Phi) is 6.20. The molecule has 1 unspecified atom stereocenters. The molecule has 0 aliphatic rings. The molecule has 2 heterocycles. The van der Waals surface area contributed by atoms with Gasteiger partial charge in [-0.1, -0.05) is 0 Å². The van der Waals surface area contributed by atoms with Crippen molar-refractivity contribution in [3.8, 4) is 0 Å². The maximum absolute atomic E-state index is 12.2. The molecule has 6 nitrogen and oxygen atoms in total. The van der Waals surface area contributed by atoms with Crippen molar-refractivity contribution in [2.24, 2.45) is 0 Å². The highest BCUT2D eigenvalue weighted by Crippen LogP contribution is 2.26. The van der Waals surface area contributed by atoms with Gasteiger partial charge in [-0.05, 0) is 32.8 Å². The Morgan fingerprint density at radius 1 is 1.48 bits per heavy atom. The summed E-state index contributed by atoms with van der Waals surface area (Å²) in [7, 11) is 0. The number of carbonyl (C=O) groups is 1. The van der Waals surface area contributed by atoms with Crippen molar-refractivity contribution in [3.05, 3.63) is 26.6 Å². The van der Waals surface area contributed by atoms with Gasteiger partial charge in [0.2, 0.25) is 5.91 Å². The van der Waals surface area contributed by atoms with Gasteiger partial charge in [0.25, 0.3) is 5.56 Å². The van der Waals surface area contributed by atoms with Gasteiger partial charge >= 0.3 is 0 Å². The van der Waals surface area contributed by atoms with Gasteiger partial charge in [-0.3, -0.25) is 9.59 Å². The Hall–Kier alpha value is -1.38. The summed E-state index contributed by atoms with van der Waals surface area (Å²) in [5, 5.41) is 11.9. The number of thioether (sulfide) groups is 1. The number of rotatable bonds is 7. The number of nitrogens with zero attached hydrogens (tertiary/aromatic N) is 1. The predicted molar refractivity (Wildman–Crippen MR) is 95.2 cm³/mol. The van der Waals surface area contributed by atoms with Gasteiger partial charge in [-0.25, -0.2) is 4.98 Å². The fraction of sp³-hybridized carbons (Fsp3) is 0.533. The number of carbonyl (C=O) groups excluding carboxylic acids is 1. The van der Waals surface area contributed by atoms with Crippen LogP contribution in [0, 0.1) is 13.8 Å². The normalized spacial score (nSPS) is 12.5. The number of aromatic amines is 1. The van der Waals surface area contributed by atoms with Crippen LogP contribution in [-0.4, -0.2) is 39.4 Å². The molecule has 0 aliphatic carbocycles. The van der Waals surface area contributed by atoms with Crippen LogP contribution < -0.4 is 10.9 Å². The zero-order chi connectivity index (χ0) is 17.0. The lowest BCUT2D eigenvalue weighted by Crippen LogP contribution is -2.32. The van der Waals surface area contributed by atoms with Crippen molar-refractivity contribution < 1.29 is 9.90 Å². The van der Waals surface area contributed by atoms with E-state index in [0.29, 0.717) is 29.9 Å². The summed E-state index contributed by atoms with van der Waals surface area (Å²) >= 11 is 2.94. The molecule has 0 saturated carbocycles. The van der Waals surface area contributed by atoms with E-state index in [9.17, 15) is 9.59 Å². The standard InChI is InChI=1S/C15H21N3O3S2/c1-8-9(2)23-15-12(8)14(21)17-11(18-15)7-22-10(3)13(20)16-5-4-6-19/h10,19H,4-7H2,1-3H3,(H,16,20)(H,17,18,21). The highest BCUT2D eigenvalue weighted by molar-refractivity contribution is 7.99. The van der Waals surface area contributed by atoms with Crippen LogP contribution in [0.15, 0.2) is 4.79 Å². The zero-order valence-corrected chi connectivity index (χ0v) is 15.1. The van der Waals surface area contributed by atoms with Gasteiger partial charge in [-0.15, -0.1) is 23.1 Å². The third-order valence-electron chi connectivity index (χ3n) is 3.56. The van der Waals surface area contributed by atoms with Crippen LogP contribution in [0.2, 0.25) is 0 Å². The van der Waals surface area contributed by atoms with E-state index in [1.165, 1.54) is 23.1 Å². The van der Waals surface area contributed by atoms with Crippen molar-refractivity contribution >= 4 is 39.2 Å². The van der Waals surface area contributed by atoms with Crippen LogP contribution in [0.1, 0.15) is 29.6 Å². The second-order valence-corrected chi connectivity index (χ2v) is 7.83. The van der Waals surface area contributed by atoms with Crippen molar-refractivity contribution in [1.29, 1.82) is 0 Å². The Balaban J connectivity index is 2.02. The molecule has 0 radical (unpaired) electrons. The van der Waals surface area contributed by atoms with E-state index in [1.807, 2.05) is 20.8 Å². The van der Waals surface area contributed by atoms with E-state index >= 15 is 0 Å². The fourth-order valence-electron chi connectivity index (χ4n) is 2.08. The molecule has 0 aromatic carbocycles. The summed E-state index contributed by atoms with van der Waals surface area (Å²) in [6.07, 6.45) is 0.547. The van der Waals surface area contributed by atoms with Gasteiger partial charge in [0, 0.05) is 18.0 Å². The fourth-order valence-corrected chi connectivity index (χ4v) is 3.91. The number of aliphatic hydroxyl groups is 1. The molecule has 0 fully saturated rings. The molecular weight excluding hydrogens is 334 g/mol. The largest absolute Gasteiger partial charge is 0.396 e. The quantitative estimate of drug-likeness (QED) is 0.658. The minimum absolute atomic E-state index is 0.0621. The van der Waals surface area contributed by atoms with Crippen LogP contribution >= 0.6 is 23.1 Å². The van der Waals surface area contributed by atoms with E-state index in [2.05, 4.69) is 15.3 Å². The lowest BCUT2D eigenvalue weighted by atomic mass is 10.2. The van der Waals surface area contributed by atoms with Crippen molar-refractivity contribution in [2.75, 3.05) is 13.2 Å². The molecule has 8 heteroatoms. The molecule has 0 spiro atoms. The van der Waals surface area contributed by atoms with E-state index < -0.39 is 0 Å².